The summed E-state index contributed by atoms with van der Waals surface area (Å²) in [5.74, 6) is 0.231. The molecule has 0 atom stereocenters. The Morgan fingerprint density at radius 3 is 2.29 bits per heavy atom. The van der Waals surface area contributed by atoms with Crippen LogP contribution in [-0.4, -0.2) is 11.8 Å². The van der Waals surface area contributed by atoms with Crippen LogP contribution in [0.5, 0.6) is 0 Å². The van der Waals surface area contributed by atoms with E-state index in [1.165, 1.54) is 23.3 Å². The van der Waals surface area contributed by atoms with Gasteiger partial charge in [0.2, 0.25) is 5.91 Å². The highest BCUT2D eigenvalue weighted by molar-refractivity contribution is 7.14. The molecule has 1 aromatic carbocycles. The predicted molar refractivity (Wildman–Crippen MR) is 96.7 cm³/mol. The molecule has 5 heteroatoms. The van der Waals surface area contributed by atoms with E-state index in [9.17, 15) is 9.59 Å². The molecule has 1 saturated carbocycles. The van der Waals surface area contributed by atoms with Crippen molar-refractivity contribution in [2.24, 2.45) is 5.92 Å². The van der Waals surface area contributed by atoms with Gasteiger partial charge in [-0.25, -0.2) is 0 Å². The molecule has 1 heterocycles. The van der Waals surface area contributed by atoms with Crippen LogP contribution >= 0.6 is 11.3 Å². The quantitative estimate of drug-likeness (QED) is 0.875. The van der Waals surface area contributed by atoms with Gasteiger partial charge in [-0.15, -0.1) is 11.3 Å². The van der Waals surface area contributed by atoms with Crippen LogP contribution in [0.15, 0.2) is 30.3 Å². The number of hydrogen-bond acceptors (Lipinski definition) is 3. The van der Waals surface area contributed by atoms with Crippen LogP contribution in [-0.2, 0) is 17.6 Å². The number of rotatable bonds is 4. The average Bonchev–Trinajstić information content (AvgIpc) is 3.35. The normalized spacial score (nSPS) is 16.3. The molecule has 0 spiro atoms. The second-order valence-corrected chi connectivity index (χ2v) is 7.70. The molecule has 0 bridgehead atoms. The maximum absolute atomic E-state index is 12.4. The highest BCUT2D eigenvalue weighted by atomic mass is 32.1. The standard InChI is InChI=1S/C19H20N2O2S/c22-18(12-5-6-12)20-14-7-9-15(10-8-14)21-19(23)17-11-13-3-1-2-4-16(13)24-17/h7-12H,1-6H2,(H,20,22)(H,21,23). The van der Waals surface area contributed by atoms with Crippen LogP contribution in [0.1, 0.15) is 45.8 Å². The molecule has 4 rings (SSSR count). The van der Waals surface area contributed by atoms with E-state index in [0.717, 1.165) is 41.9 Å². The van der Waals surface area contributed by atoms with Gasteiger partial charge in [0.15, 0.2) is 0 Å². The molecule has 0 aliphatic heterocycles. The Balaban J connectivity index is 1.40. The monoisotopic (exact) mass is 340 g/mol. The van der Waals surface area contributed by atoms with Crippen molar-refractivity contribution in [1.82, 2.24) is 0 Å². The van der Waals surface area contributed by atoms with Crippen molar-refractivity contribution in [3.63, 3.8) is 0 Å². The molecule has 24 heavy (non-hydrogen) atoms. The van der Waals surface area contributed by atoms with E-state index < -0.39 is 0 Å². The fourth-order valence-corrected chi connectivity index (χ4v) is 4.17. The smallest absolute Gasteiger partial charge is 0.265 e. The number of aryl methyl sites for hydroxylation is 2. The van der Waals surface area contributed by atoms with Crippen molar-refractivity contribution in [3.8, 4) is 0 Å². The van der Waals surface area contributed by atoms with Gasteiger partial charge in [0.05, 0.1) is 4.88 Å². The van der Waals surface area contributed by atoms with E-state index >= 15 is 0 Å². The van der Waals surface area contributed by atoms with Gasteiger partial charge < -0.3 is 10.6 Å². The van der Waals surface area contributed by atoms with Crippen LogP contribution in [0.25, 0.3) is 0 Å². The molecule has 0 unspecified atom stereocenters. The third-order valence-corrected chi connectivity index (χ3v) is 5.81. The van der Waals surface area contributed by atoms with Crippen molar-refractivity contribution < 1.29 is 9.59 Å². The van der Waals surface area contributed by atoms with E-state index in [1.54, 1.807) is 11.3 Å². The number of carbonyl (C=O) groups is 2. The molecule has 1 aromatic heterocycles. The van der Waals surface area contributed by atoms with Gasteiger partial charge >= 0.3 is 0 Å². The van der Waals surface area contributed by atoms with Crippen LogP contribution in [0.3, 0.4) is 0 Å². The van der Waals surface area contributed by atoms with Gasteiger partial charge in [-0.05, 0) is 74.4 Å². The van der Waals surface area contributed by atoms with Crippen molar-refractivity contribution in [2.75, 3.05) is 10.6 Å². The van der Waals surface area contributed by atoms with Crippen LogP contribution < -0.4 is 10.6 Å². The number of hydrogen-bond donors (Lipinski definition) is 2. The lowest BCUT2D eigenvalue weighted by Gasteiger charge is -2.08. The van der Waals surface area contributed by atoms with Gasteiger partial charge in [-0.2, -0.15) is 0 Å². The number of anilines is 2. The summed E-state index contributed by atoms with van der Waals surface area (Å²) in [7, 11) is 0. The highest BCUT2D eigenvalue weighted by Gasteiger charge is 2.29. The van der Waals surface area contributed by atoms with Crippen molar-refractivity contribution in [3.05, 3.63) is 45.6 Å². The van der Waals surface area contributed by atoms with Gasteiger partial charge in [0.1, 0.15) is 0 Å². The number of amides is 2. The second-order valence-electron chi connectivity index (χ2n) is 6.56. The second kappa shape index (κ2) is 6.40. The molecule has 2 amide bonds. The van der Waals surface area contributed by atoms with Gasteiger partial charge in [0.25, 0.3) is 5.91 Å². The summed E-state index contributed by atoms with van der Waals surface area (Å²) < 4.78 is 0. The van der Waals surface area contributed by atoms with E-state index in [0.29, 0.717) is 0 Å². The van der Waals surface area contributed by atoms with E-state index in [4.69, 9.17) is 0 Å². The molecule has 124 valence electrons. The Hall–Kier alpha value is -2.14. The number of nitrogens with one attached hydrogen (secondary N) is 2. The topological polar surface area (TPSA) is 58.2 Å². The summed E-state index contributed by atoms with van der Waals surface area (Å²) >= 11 is 1.62. The number of thiophene rings is 1. The lowest BCUT2D eigenvalue weighted by molar-refractivity contribution is -0.117. The first-order valence-corrected chi connectivity index (χ1v) is 9.34. The van der Waals surface area contributed by atoms with Crippen LogP contribution in [0.2, 0.25) is 0 Å². The van der Waals surface area contributed by atoms with Gasteiger partial charge in [-0.3, -0.25) is 9.59 Å². The molecule has 0 radical (unpaired) electrons. The fourth-order valence-electron chi connectivity index (χ4n) is 3.02. The molecular weight excluding hydrogens is 320 g/mol. The minimum Gasteiger partial charge on any atom is -0.326 e. The van der Waals surface area contributed by atoms with E-state index in [-0.39, 0.29) is 17.7 Å². The highest BCUT2D eigenvalue weighted by Crippen LogP contribution is 2.31. The Morgan fingerprint density at radius 2 is 1.62 bits per heavy atom. The molecule has 2 aromatic rings. The number of benzene rings is 1. The van der Waals surface area contributed by atoms with Crippen LogP contribution in [0.4, 0.5) is 11.4 Å². The minimum atomic E-state index is -0.0517. The summed E-state index contributed by atoms with van der Waals surface area (Å²) in [6, 6.07) is 9.35. The third kappa shape index (κ3) is 3.36. The van der Waals surface area contributed by atoms with E-state index in [1.807, 2.05) is 30.3 Å². The molecule has 2 N–H and O–H groups in total. The van der Waals surface area contributed by atoms with E-state index in [2.05, 4.69) is 10.6 Å². The first-order chi connectivity index (χ1) is 11.7. The lowest BCUT2D eigenvalue weighted by atomic mass is 9.99. The maximum atomic E-state index is 12.4. The first kappa shape index (κ1) is 15.4. The zero-order valence-corrected chi connectivity index (χ0v) is 14.2. The molecule has 4 nitrogen and oxygen atoms in total. The fraction of sp³-hybridized carbons (Fsp3) is 0.368. The Kier molecular flexibility index (Phi) is 4.10. The van der Waals surface area contributed by atoms with Gasteiger partial charge in [0, 0.05) is 22.2 Å². The molecular formula is C19H20N2O2S. The summed E-state index contributed by atoms with van der Waals surface area (Å²) in [6.45, 7) is 0. The summed E-state index contributed by atoms with van der Waals surface area (Å²) in [4.78, 5) is 26.3. The van der Waals surface area contributed by atoms with Crippen molar-refractivity contribution in [1.29, 1.82) is 0 Å². The van der Waals surface area contributed by atoms with Crippen LogP contribution in [0, 0.1) is 5.92 Å². The SMILES string of the molecule is O=C(Nc1ccc(NC(=O)C2CC2)cc1)c1cc2c(s1)CCCC2. The van der Waals surface area contributed by atoms with Crippen molar-refractivity contribution in [2.45, 2.75) is 38.5 Å². The average molecular weight is 340 g/mol. The molecule has 2 aliphatic carbocycles. The van der Waals surface area contributed by atoms with Crippen molar-refractivity contribution >= 4 is 34.5 Å². The minimum absolute atomic E-state index is 0.0517. The zero-order chi connectivity index (χ0) is 16.5. The molecule has 0 saturated heterocycles. The first-order valence-electron chi connectivity index (χ1n) is 8.53. The number of fused-ring (bicyclic) bond motifs is 1. The lowest BCUT2D eigenvalue weighted by Crippen LogP contribution is -2.13. The predicted octanol–water partition coefficient (Wildman–Crippen LogP) is 4.23. The zero-order valence-electron chi connectivity index (χ0n) is 13.4. The summed E-state index contributed by atoms with van der Waals surface area (Å²) in [6.07, 6.45) is 6.62. The molecule has 1 fully saturated rings. The third-order valence-electron chi connectivity index (χ3n) is 4.58. The van der Waals surface area contributed by atoms with Gasteiger partial charge in [-0.1, -0.05) is 0 Å². The molecule has 2 aliphatic rings. The largest absolute Gasteiger partial charge is 0.326 e. The Bertz CT molecular complexity index is 752. The maximum Gasteiger partial charge on any atom is 0.265 e. The summed E-state index contributed by atoms with van der Waals surface area (Å²) in [5.41, 5.74) is 2.86. The summed E-state index contributed by atoms with van der Waals surface area (Å²) in [5, 5.41) is 5.84. The Labute approximate surface area is 145 Å². The number of carbonyl (C=O) groups excluding carboxylic acids is 2. The Morgan fingerprint density at radius 1 is 0.958 bits per heavy atom.